The molecule has 7 heteroatoms. The van der Waals surface area contributed by atoms with E-state index >= 15 is 0 Å². The van der Waals surface area contributed by atoms with Crippen LogP contribution in [0.2, 0.25) is 0 Å². The summed E-state index contributed by atoms with van der Waals surface area (Å²) in [4.78, 5) is 35.6. The van der Waals surface area contributed by atoms with Crippen LogP contribution in [-0.2, 0) is 24.7 Å². The topological polar surface area (TPSA) is 55.2 Å². The maximum atomic E-state index is 13.5. The van der Waals surface area contributed by atoms with Crippen molar-refractivity contribution in [3.63, 3.8) is 0 Å². The average Bonchev–Trinajstić information content (AvgIpc) is 3.37. The molecular formula is C23H25N3O2S2. The summed E-state index contributed by atoms with van der Waals surface area (Å²) < 4.78 is 1.64. The normalized spacial score (nSPS) is 17.3. The third-order valence-corrected chi connectivity index (χ3v) is 8.59. The lowest BCUT2D eigenvalue weighted by molar-refractivity contribution is -0.131. The Labute approximate surface area is 184 Å². The van der Waals surface area contributed by atoms with Gasteiger partial charge in [-0.3, -0.25) is 14.2 Å². The van der Waals surface area contributed by atoms with Gasteiger partial charge in [0, 0.05) is 25.0 Å². The minimum atomic E-state index is -0.397. The van der Waals surface area contributed by atoms with Crippen LogP contribution in [0, 0.1) is 0 Å². The summed E-state index contributed by atoms with van der Waals surface area (Å²) in [5.74, 6) is 0.119. The van der Waals surface area contributed by atoms with Gasteiger partial charge < -0.3 is 4.90 Å². The van der Waals surface area contributed by atoms with Crippen molar-refractivity contribution in [3.8, 4) is 0 Å². The number of aromatic nitrogens is 2. The lowest BCUT2D eigenvalue weighted by Gasteiger charge is -2.30. The molecule has 1 aliphatic carbocycles. The smallest absolute Gasteiger partial charge is 0.262 e. The third-order valence-electron chi connectivity index (χ3n) is 6.12. The number of benzene rings is 1. The number of aryl methyl sites for hydroxylation is 2. The van der Waals surface area contributed by atoms with E-state index in [0.29, 0.717) is 5.16 Å². The summed E-state index contributed by atoms with van der Waals surface area (Å²) in [6, 6.07) is 9.88. The van der Waals surface area contributed by atoms with Gasteiger partial charge in [0.15, 0.2) is 5.16 Å². The van der Waals surface area contributed by atoms with Gasteiger partial charge in [0.1, 0.15) is 10.1 Å². The van der Waals surface area contributed by atoms with Crippen molar-refractivity contribution in [2.75, 3.05) is 13.1 Å². The predicted octanol–water partition coefficient (Wildman–Crippen LogP) is 4.33. The average molecular weight is 440 g/mol. The molecule has 1 unspecified atom stereocenters. The standard InChI is InChI=1S/C23H25N3O2S2/c1-25-21(27)18-16-11-8-12-17(16)29-20(18)24-23(25)30-19(15-9-4-2-5-10-15)22(28)26-13-6-3-7-14-26/h2,4-5,9-10,19H,3,6-8,11-14H2,1H3. The Morgan fingerprint density at radius 3 is 2.63 bits per heavy atom. The molecule has 2 aliphatic rings. The van der Waals surface area contributed by atoms with Gasteiger partial charge >= 0.3 is 0 Å². The minimum Gasteiger partial charge on any atom is -0.341 e. The number of amides is 1. The lowest BCUT2D eigenvalue weighted by atomic mass is 10.1. The second-order valence-corrected chi connectivity index (χ2v) is 10.2. The van der Waals surface area contributed by atoms with Crippen LogP contribution in [0.1, 0.15) is 46.9 Å². The van der Waals surface area contributed by atoms with Gasteiger partial charge in [-0.15, -0.1) is 11.3 Å². The number of piperidine rings is 1. The van der Waals surface area contributed by atoms with Gasteiger partial charge in [0.25, 0.3) is 5.56 Å². The fourth-order valence-electron chi connectivity index (χ4n) is 4.49. The first-order valence-corrected chi connectivity index (χ1v) is 12.3. The van der Waals surface area contributed by atoms with Crippen LogP contribution >= 0.6 is 23.1 Å². The number of hydrogen-bond donors (Lipinski definition) is 0. The number of likely N-dealkylation sites (tertiary alicyclic amines) is 1. The molecule has 5 nitrogen and oxygen atoms in total. The van der Waals surface area contributed by atoms with E-state index in [0.717, 1.165) is 61.0 Å². The van der Waals surface area contributed by atoms with Gasteiger partial charge in [0.2, 0.25) is 5.91 Å². The summed E-state index contributed by atoms with van der Waals surface area (Å²) in [7, 11) is 1.78. The minimum absolute atomic E-state index is 0.0131. The van der Waals surface area contributed by atoms with E-state index in [1.807, 2.05) is 35.2 Å². The van der Waals surface area contributed by atoms with Gasteiger partial charge in [-0.25, -0.2) is 4.98 Å². The van der Waals surface area contributed by atoms with E-state index < -0.39 is 5.25 Å². The molecule has 0 spiro atoms. The highest BCUT2D eigenvalue weighted by atomic mass is 32.2. The Morgan fingerprint density at radius 1 is 1.10 bits per heavy atom. The van der Waals surface area contributed by atoms with E-state index in [1.165, 1.54) is 28.6 Å². The second kappa shape index (κ2) is 8.19. The predicted molar refractivity (Wildman–Crippen MR) is 122 cm³/mol. The first-order chi connectivity index (χ1) is 14.6. The first-order valence-electron chi connectivity index (χ1n) is 10.6. The molecule has 1 atom stereocenters. The highest BCUT2D eigenvalue weighted by Crippen LogP contribution is 2.39. The third kappa shape index (κ3) is 3.48. The van der Waals surface area contributed by atoms with Crippen molar-refractivity contribution in [2.45, 2.75) is 48.9 Å². The summed E-state index contributed by atoms with van der Waals surface area (Å²) in [6.45, 7) is 1.62. The van der Waals surface area contributed by atoms with Crippen LogP contribution in [0.25, 0.3) is 10.2 Å². The van der Waals surface area contributed by atoms with E-state index in [1.54, 1.807) is 23.0 Å². The van der Waals surface area contributed by atoms with E-state index in [9.17, 15) is 9.59 Å². The number of hydrogen-bond acceptors (Lipinski definition) is 5. The van der Waals surface area contributed by atoms with Gasteiger partial charge in [-0.1, -0.05) is 42.1 Å². The molecule has 1 saturated heterocycles. The summed E-state index contributed by atoms with van der Waals surface area (Å²) >= 11 is 3.06. The zero-order valence-electron chi connectivity index (χ0n) is 17.1. The molecule has 5 rings (SSSR count). The van der Waals surface area contributed by atoms with Gasteiger partial charge in [-0.2, -0.15) is 0 Å². The number of nitrogens with zero attached hydrogens (tertiary/aromatic N) is 3. The van der Waals surface area contributed by atoms with E-state index in [-0.39, 0.29) is 11.5 Å². The van der Waals surface area contributed by atoms with E-state index in [2.05, 4.69) is 0 Å². The van der Waals surface area contributed by atoms with Crippen LogP contribution in [0.5, 0.6) is 0 Å². The SMILES string of the molecule is Cn1c(SC(C(=O)N2CCCCC2)c2ccccc2)nc2sc3c(c2c1=O)CCC3. The molecule has 3 aromatic rings. The van der Waals surface area contributed by atoms with Crippen molar-refractivity contribution >= 4 is 39.2 Å². The first kappa shape index (κ1) is 19.8. The highest BCUT2D eigenvalue weighted by molar-refractivity contribution is 8.00. The fraction of sp³-hybridized carbons (Fsp3) is 0.435. The molecule has 0 radical (unpaired) electrons. The molecule has 1 aromatic carbocycles. The van der Waals surface area contributed by atoms with Gasteiger partial charge in [0.05, 0.1) is 5.39 Å². The molecule has 3 heterocycles. The quantitative estimate of drug-likeness (QED) is 0.449. The maximum absolute atomic E-state index is 13.5. The van der Waals surface area contributed by atoms with Crippen molar-refractivity contribution in [1.29, 1.82) is 0 Å². The molecular weight excluding hydrogens is 414 g/mol. The van der Waals surface area contributed by atoms with Gasteiger partial charge in [-0.05, 0) is 49.7 Å². The Hall–Kier alpha value is -2.12. The van der Waals surface area contributed by atoms with Crippen LogP contribution in [0.4, 0.5) is 0 Å². The summed E-state index contributed by atoms with van der Waals surface area (Å²) in [6.07, 6.45) is 6.43. The Balaban J connectivity index is 1.54. The Bertz CT molecular complexity index is 1150. The largest absolute Gasteiger partial charge is 0.341 e. The fourth-order valence-corrected chi connectivity index (χ4v) is 6.93. The number of rotatable bonds is 4. The van der Waals surface area contributed by atoms with Crippen LogP contribution in [-0.4, -0.2) is 33.4 Å². The number of carbonyl (C=O) groups excluding carboxylic acids is 1. The van der Waals surface area contributed by atoms with Crippen LogP contribution in [0.3, 0.4) is 0 Å². The van der Waals surface area contributed by atoms with E-state index in [4.69, 9.17) is 4.98 Å². The number of thiophene rings is 1. The molecule has 30 heavy (non-hydrogen) atoms. The zero-order valence-corrected chi connectivity index (χ0v) is 18.7. The maximum Gasteiger partial charge on any atom is 0.262 e. The lowest BCUT2D eigenvalue weighted by Crippen LogP contribution is -2.38. The number of carbonyl (C=O) groups is 1. The number of thioether (sulfide) groups is 1. The molecule has 0 saturated carbocycles. The molecule has 2 aromatic heterocycles. The Morgan fingerprint density at radius 2 is 1.87 bits per heavy atom. The molecule has 1 fully saturated rings. The van der Waals surface area contributed by atoms with Crippen molar-refractivity contribution < 1.29 is 4.79 Å². The second-order valence-electron chi connectivity index (χ2n) is 8.09. The molecule has 0 N–H and O–H groups in total. The van der Waals surface area contributed by atoms with Crippen molar-refractivity contribution in [2.24, 2.45) is 7.05 Å². The molecule has 0 bridgehead atoms. The van der Waals surface area contributed by atoms with Crippen molar-refractivity contribution in [1.82, 2.24) is 14.5 Å². The monoisotopic (exact) mass is 439 g/mol. The summed E-state index contributed by atoms with van der Waals surface area (Å²) in [5.41, 5.74) is 2.17. The zero-order chi connectivity index (χ0) is 20.7. The van der Waals surface area contributed by atoms with Crippen LogP contribution < -0.4 is 5.56 Å². The molecule has 1 amide bonds. The summed E-state index contributed by atoms with van der Waals surface area (Å²) in [5, 5.41) is 1.01. The highest BCUT2D eigenvalue weighted by Gasteiger charge is 2.30. The molecule has 156 valence electrons. The Kier molecular flexibility index (Phi) is 5.41. The number of fused-ring (bicyclic) bond motifs is 3. The van der Waals surface area contributed by atoms with Crippen molar-refractivity contribution in [3.05, 3.63) is 56.7 Å². The van der Waals surface area contributed by atoms with Crippen LogP contribution in [0.15, 0.2) is 40.3 Å². The molecule has 1 aliphatic heterocycles.